The molecule has 1 aliphatic heterocycles. The van der Waals surface area contributed by atoms with Crippen LogP contribution in [0.15, 0.2) is 18.2 Å². The Morgan fingerprint density at radius 1 is 1.26 bits per heavy atom. The summed E-state index contributed by atoms with van der Waals surface area (Å²) in [7, 11) is 1.71. The van der Waals surface area contributed by atoms with Gasteiger partial charge in [0.2, 0.25) is 5.91 Å². The Balaban J connectivity index is 1.85. The summed E-state index contributed by atoms with van der Waals surface area (Å²) < 4.78 is 5.64. The monoisotopic (exact) mass is 376 g/mol. The van der Waals surface area contributed by atoms with E-state index in [1.807, 2.05) is 32.0 Å². The first-order chi connectivity index (χ1) is 12.8. The summed E-state index contributed by atoms with van der Waals surface area (Å²) >= 11 is 0. The number of ketones is 1. The van der Waals surface area contributed by atoms with Gasteiger partial charge in [0.25, 0.3) is 0 Å². The molecule has 0 spiro atoms. The van der Waals surface area contributed by atoms with E-state index in [2.05, 4.69) is 0 Å². The van der Waals surface area contributed by atoms with Crippen LogP contribution in [0, 0.1) is 13.8 Å². The van der Waals surface area contributed by atoms with Crippen molar-refractivity contribution in [3.63, 3.8) is 0 Å². The summed E-state index contributed by atoms with van der Waals surface area (Å²) in [4.78, 5) is 39.1. The van der Waals surface area contributed by atoms with Crippen molar-refractivity contribution in [3.05, 3.63) is 34.9 Å². The van der Waals surface area contributed by atoms with Crippen molar-refractivity contribution >= 4 is 17.7 Å². The molecule has 1 amide bonds. The molecule has 27 heavy (non-hydrogen) atoms. The lowest BCUT2D eigenvalue weighted by atomic mass is 9.99. The molecule has 7 nitrogen and oxygen atoms in total. The maximum absolute atomic E-state index is 12.5. The van der Waals surface area contributed by atoms with E-state index >= 15 is 0 Å². The molecule has 0 saturated carbocycles. The average molecular weight is 376 g/mol. The van der Waals surface area contributed by atoms with E-state index in [0.29, 0.717) is 31.8 Å². The summed E-state index contributed by atoms with van der Waals surface area (Å²) in [6, 6.07) is 5.75. The van der Waals surface area contributed by atoms with Gasteiger partial charge in [-0.1, -0.05) is 17.7 Å². The summed E-state index contributed by atoms with van der Waals surface area (Å²) in [6.07, 6.45) is 0.135. The number of carboxylic acid groups (broad SMARTS) is 1. The van der Waals surface area contributed by atoms with E-state index in [1.54, 1.807) is 16.8 Å². The second kappa shape index (κ2) is 9.62. The third kappa shape index (κ3) is 6.45. The fourth-order valence-corrected chi connectivity index (χ4v) is 3.25. The first-order valence-corrected chi connectivity index (χ1v) is 9.16. The van der Waals surface area contributed by atoms with Crippen molar-refractivity contribution in [2.75, 3.05) is 39.8 Å². The molecular weight excluding hydrogens is 348 g/mol. The number of hydrogen-bond donors (Lipinski definition) is 1. The molecule has 148 valence electrons. The molecule has 1 atom stereocenters. The molecule has 1 saturated heterocycles. The zero-order valence-electron chi connectivity index (χ0n) is 16.2. The minimum Gasteiger partial charge on any atom is -0.480 e. The summed E-state index contributed by atoms with van der Waals surface area (Å²) in [6.45, 7) is 5.54. The van der Waals surface area contributed by atoms with E-state index in [0.717, 1.165) is 11.1 Å². The third-order valence-corrected chi connectivity index (χ3v) is 4.67. The van der Waals surface area contributed by atoms with Crippen molar-refractivity contribution in [2.24, 2.45) is 0 Å². The number of carbonyl (C=O) groups excluding carboxylic acids is 2. The van der Waals surface area contributed by atoms with Crippen molar-refractivity contribution in [1.82, 2.24) is 9.80 Å². The predicted molar refractivity (Wildman–Crippen MR) is 101 cm³/mol. The number of nitrogens with zero attached hydrogens (tertiary/aromatic N) is 2. The van der Waals surface area contributed by atoms with Crippen LogP contribution < -0.4 is 0 Å². The number of carboxylic acids is 1. The molecule has 0 aliphatic carbocycles. The number of carbonyl (C=O) groups is 3. The van der Waals surface area contributed by atoms with Crippen LogP contribution in [0.5, 0.6) is 0 Å². The summed E-state index contributed by atoms with van der Waals surface area (Å²) in [5.74, 6) is -0.982. The number of benzene rings is 1. The maximum Gasteiger partial charge on any atom is 0.317 e. The number of Topliss-reactive ketones (excluding diaryl/α,β-unsaturated/α-hetero) is 1. The van der Waals surface area contributed by atoms with E-state index in [9.17, 15) is 14.4 Å². The van der Waals surface area contributed by atoms with E-state index < -0.39 is 5.97 Å². The Morgan fingerprint density at radius 3 is 2.70 bits per heavy atom. The highest BCUT2D eigenvalue weighted by Gasteiger charge is 2.26. The maximum atomic E-state index is 12.5. The van der Waals surface area contributed by atoms with Crippen LogP contribution >= 0.6 is 0 Å². The summed E-state index contributed by atoms with van der Waals surface area (Å²) in [5.41, 5.74) is 2.63. The van der Waals surface area contributed by atoms with Gasteiger partial charge in [-0.3, -0.25) is 19.3 Å². The molecule has 1 aliphatic rings. The highest BCUT2D eigenvalue weighted by molar-refractivity contribution is 5.99. The Kier molecular flexibility index (Phi) is 7.50. The van der Waals surface area contributed by atoms with Gasteiger partial charge >= 0.3 is 5.97 Å². The minimum absolute atomic E-state index is 0.0180. The lowest BCUT2D eigenvalue weighted by Gasteiger charge is -2.34. The number of aliphatic carboxylic acids is 1. The number of amides is 1. The lowest BCUT2D eigenvalue weighted by Crippen LogP contribution is -2.49. The fourth-order valence-electron chi connectivity index (χ4n) is 3.25. The Bertz CT molecular complexity index is 704. The fraction of sp³-hybridized carbons (Fsp3) is 0.550. The van der Waals surface area contributed by atoms with Gasteiger partial charge in [0.15, 0.2) is 5.78 Å². The van der Waals surface area contributed by atoms with Crippen LogP contribution in [0.25, 0.3) is 0 Å². The number of ether oxygens (including phenoxy) is 1. The molecular formula is C20H28N2O5. The average Bonchev–Trinajstić information content (AvgIpc) is 2.60. The van der Waals surface area contributed by atoms with Crippen LogP contribution in [0.4, 0.5) is 0 Å². The zero-order valence-corrected chi connectivity index (χ0v) is 16.2. The Hall–Kier alpha value is -2.25. The molecule has 0 bridgehead atoms. The molecule has 1 heterocycles. The standard InChI is InChI=1S/C20H28N2O5/c1-14-4-5-15(2)17(10-14)18(23)6-7-19(24)22-8-9-27-16(12-22)11-21(3)13-20(25)26/h4-5,10,16H,6-9,11-13H2,1-3H3,(H,25,26). The SMILES string of the molecule is Cc1ccc(C)c(C(=O)CCC(=O)N2CCOC(CN(C)CC(=O)O)C2)c1. The van der Waals surface area contributed by atoms with Crippen LogP contribution in [0.3, 0.4) is 0 Å². The Labute approximate surface area is 159 Å². The molecule has 0 radical (unpaired) electrons. The molecule has 1 N–H and O–H groups in total. The number of morpholine rings is 1. The highest BCUT2D eigenvalue weighted by atomic mass is 16.5. The van der Waals surface area contributed by atoms with Crippen molar-refractivity contribution in [2.45, 2.75) is 32.8 Å². The van der Waals surface area contributed by atoms with Gasteiger partial charge in [-0.15, -0.1) is 0 Å². The van der Waals surface area contributed by atoms with E-state index in [4.69, 9.17) is 9.84 Å². The smallest absolute Gasteiger partial charge is 0.317 e. The second-order valence-electron chi connectivity index (χ2n) is 7.16. The first-order valence-electron chi connectivity index (χ1n) is 9.16. The highest BCUT2D eigenvalue weighted by Crippen LogP contribution is 2.15. The molecule has 1 fully saturated rings. The van der Waals surface area contributed by atoms with Gasteiger partial charge < -0.3 is 14.7 Å². The molecule has 1 aromatic carbocycles. The first kappa shape index (κ1) is 21.1. The molecule has 0 aromatic heterocycles. The van der Waals surface area contributed by atoms with Gasteiger partial charge in [-0.2, -0.15) is 0 Å². The largest absolute Gasteiger partial charge is 0.480 e. The quantitative estimate of drug-likeness (QED) is 0.692. The van der Waals surface area contributed by atoms with E-state index in [1.165, 1.54) is 0 Å². The van der Waals surface area contributed by atoms with Crippen LogP contribution in [0.2, 0.25) is 0 Å². The normalized spacial score (nSPS) is 17.2. The predicted octanol–water partition coefficient (Wildman–Crippen LogP) is 1.51. The van der Waals surface area contributed by atoms with Crippen molar-refractivity contribution in [3.8, 4) is 0 Å². The number of hydrogen-bond acceptors (Lipinski definition) is 5. The number of rotatable bonds is 8. The Morgan fingerprint density at radius 2 is 2.00 bits per heavy atom. The van der Waals surface area contributed by atoms with Crippen LogP contribution in [-0.2, 0) is 14.3 Å². The van der Waals surface area contributed by atoms with Crippen LogP contribution in [-0.4, -0.2) is 78.5 Å². The van der Waals surface area contributed by atoms with Gasteiger partial charge in [-0.05, 0) is 32.5 Å². The van der Waals surface area contributed by atoms with Crippen LogP contribution in [0.1, 0.15) is 34.3 Å². The second-order valence-corrected chi connectivity index (χ2v) is 7.16. The zero-order chi connectivity index (χ0) is 20.0. The molecule has 7 heteroatoms. The lowest BCUT2D eigenvalue weighted by molar-refractivity contribution is -0.142. The minimum atomic E-state index is -0.897. The van der Waals surface area contributed by atoms with E-state index in [-0.39, 0.29) is 37.2 Å². The topological polar surface area (TPSA) is 87.2 Å². The molecule has 1 unspecified atom stereocenters. The van der Waals surface area contributed by atoms with Gasteiger partial charge in [-0.25, -0.2) is 0 Å². The van der Waals surface area contributed by atoms with Gasteiger partial charge in [0.05, 0.1) is 19.3 Å². The molecule has 2 rings (SSSR count). The van der Waals surface area contributed by atoms with Crippen molar-refractivity contribution in [1.29, 1.82) is 0 Å². The molecule has 1 aromatic rings. The van der Waals surface area contributed by atoms with Gasteiger partial charge in [0, 0.05) is 38.0 Å². The number of aryl methyl sites for hydroxylation is 2. The number of likely N-dealkylation sites (N-methyl/N-ethyl adjacent to an activating group) is 1. The summed E-state index contributed by atoms with van der Waals surface area (Å²) in [5, 5.41) is 8.83. The van der Waals surface area contributed by atoms with Crippen molar-refractivity contribution < 1.29 is 24.2 Å². The van der Waals surface area contributed by atoms with Gasteiger partial charge in [0.1, 0.15) is 0 Å². The third-order valence-electron chi connectivity index (χ3n) is 4.67.